The number of nitrogens with one attached hydrogen (secondary N) is 1. The van der Waals surface area contributed by atoms with E-state index >= 15 is 0 Å². The van der Waals surface area contributed by atoms with Gasteiger partial charge >= 0.3 is 0 Å². The maximum absolute atomic E-state index is 12.4. The number of likely N-dealkylation sites (tertiary alicyclic amines) is 1. The number of pyridine rings is 1. The second-order valence-electron chi connectivity index (χ2n) is 6.74. The van der Waals surface area contributed by atoms with Crippen LogP contribution < -0.4 is 0 Å². The summed E-state index contributed by atoms with van der Waals surface area (Å²) in [5.41, 5.74) is 1.94. The Balaban J connectivity index is 1.54. The highest BCUT2D eigenvalue weighted by atomic mass is 16.2. The monoisotopic (exact) mass is 309 g/mol. The predicted octanol–water partition coefficient (Wildman–Crippen LogP) is 2.49. The van der Waals surface area contributed by atoms with Crippen molar-refractivity contribution in [3.63, 3.8) is 0 Å². The molecule has 5 rings (SSSR count). The van der Waals surface area contributed by atoms with Crippen molar-refractivity contribution in [2.45, 2.75) is 31.7 Å². The molecule has 1 aliphatic carbocycles. The summed E-state index contributed by atoms with van der Waals surface area (Å²) in [6.45, 7) is 1.70. The van der Waals surface area contributed by atoms with Crippen molar-refractivity contribution in [2.24, 2.45) is 5.92 Å². The third-order valence-corrected chi connectivity index (χ3v) is 5.13. The number of carbonyl (C=O) groups is 1. The molecule has 0 aromatic carbocycles. The van der Waals surface area contributed by atoms with Gasteiger partial charge in [0, 0.05) is 48.4 Å². The minimum atomic E-state index is 0.296. The fourth-order valence-electron chi connectivity index (χ4n) is 3.78. The van der Waals surface area contributed by atoms with E-state index in [9.17, 15) is 4.79 Å². The molecule has 0 bridgehead atoms. The molecule has 2 aliphatic rings. The van der Waals surface area contributed by atoms with Crippen molar-refractivity contribution >= 4 is 27.8 Å². The topological polar surface area (TPSA) is 66.8 Å². The first-order chi connectivity index (χ1) is 11.3. The van der Waals surface area contributed by atoms with Crippen molar-refractivity contribution in [1.82, 2.24) is 24.6 Å². The van der Waals surface area contributed by atoms with Crippen LogP contribution in [-0.4, -0.2) is 43.6 Å². The lowest BCUT2D eigenvalue weighted by atomic mass is 10.0. The Labute approximate surface area is 133 Å². The summed E-state index contributed by atoms with van der Waals surface area (Å²) >= 11 is 0. The molecule has 1 aliphatic heterocycles. The standard InChI is InChI=1S/C17H19N5O/c23-17(11-3-4-11)21-7-1-2-13(10-21)22-15-12(9-20-22)8-19-16-14(15)5-6-18-16/h5-6,8-9,11,13,20H,1-4,7,10H2/t13-/m0/s1. The van der Waals surface area contributed by atoms with E-state index in [0.717, 1.165) is 60.7 Å². The van der Waals surface area contributed by atoms with E-state index < -0.39 is 0 Å². The second kappa shape index (κ2) is 4.81. The van der Waals surface area contributed by atoms with Gasteiger partial charge in [0.05, 0.1) is 11.6 Å². The van der Waals surface area contributed by atoms with Crippen molar-refractivity contribution in [1.29, 1.82) is 0 Å². The number of H-pyrrole nitrogens is 1. The fourth-order valence-corrected chi connectivity index (χ4v) is 3.78. The van der Waals surface area contributed by atoms with Crippen LogP contribution in [0, 0.1) is 5.92 Å². The first-order valence-electron chi connectivity index (χ1n) is 8.39. The third kappa shape index (κ3) is 2.04. The van der Waals surface area contributed by atoms with Crippen molar-refractivity contribution in [3.05, 3.63) is 24.7 Å². The molecule has 1 N–H and O–H groups in total. The zero-order valence-corrected chi connectivity index (χ0v) is 12.9. The van der Waals surface area contributed by atoms with E-state index in [-0.39, 0.29) is 0 Å². The number of hydrogen-bond acceptors (Lipinski definition) is 3. The molecule has 23 heavy (non-hydrogen) atoms. The second-order valence-corrected chi connectivity index (χ2v) is 6.74. The van der Waals surface area contributed by atoms with Crippen molar-refractivity contribution < 1.29 is 4.79 Å². The molecule has 4 heterocycles. The average Bonchev–Trinajstić information content (AvgIpc) is 3.16. The minimum Gasteiger partial charge on any atom is -0.340 e. The quantitative estimate of drug-likeness (QED) is 0.791. The number of hydrogen-bond donors (Lipinski definition) is 1. The molecule has 6 nitrogen and oxygen atoms in total. The van der Waals surface area contributed by atoms with E-state index in [1.165, 1.54) is 0 Å². The summed E-state index contributed by atoms with van der Waals surface area (Å²) in [6.07, 6.45) is 9.97. The lowest BCUT2D eigenvalue weighted by Gasteiger charge is -2.33. The van der Waals surface area contributed by atoms with Crippen LogP contribution in [0.15, 0.2) is 24.7 Å². The number of fused-ring (bicyclic) bond motifs is 3. The van der Waals surface area contributed by atoms with E-state index in [1.54, 1.807) is 6.20 Å². The zero-order valence-electron chi connectivity index (χ0n) is 12.9. The number of amides is 1. The number of carbonyl (C=O) groups excluding carboxylic acids is 1. The zero-order chi connectivity index (χ0) is 15.4. The molecule has 2 fully saturated rings. The van der Waals surface area contributed by atoms with Crippen LogP contribution in [0.2, 0.25) is 0 Å². The van der Waals surface area contributed by atoms with Gasteiger partial charge in [0.2, 0.25) is 5.91 Å². The number of aromatic nitrogens is 4. The van der Waals surface area contributed by atoms with Gasteiger partial charge in [0.1, 0.15) is 0 Å². The SMILES string of the molecule is O=C(C1CC1)N1CCC[C@H](n2[nH]cc3cnc4nccc4c32)C1. The maximum Gasteiger partial charge on any atom is 0.225 e. The van der Waals surface area contributed by atoms with Gasteiger partial charge < -0.3 is 10.00 Å². The molecular weight excluding hydrogens is 290 g/mol. The van der Waals surface area contributed by atoms with Crippen LogP contribution in [0.25, 0.3) is 21.9 Å². The molecule has 1 atom stereocenters. The molecule has 0 radical (unpaired) electrons. The average molecular weight is 309 g/mol. The minimum absolute atomic E-state index is 0.296. The maximum atomic E-state index is 12.4. The highest BCUT2D eigenvalue weighted by Gasteiger charge is 2.36. The van der Waals surface area contributed by atoms with Crippen LogP contribution in [0.1, 0.15) is 31.7 Å². The molecule has 3 aromatic rings. The normalized spacial score (nSPS) is 22.1. The molecule has 3 aromatic heterocycles. The summed E-state index contributed by atoms with van der Waals surface area (Å²) in [4.78, 5) is 23.2. The molecule has 1 saturated carbocycles. The Hall–Kier alpha value is -2.37. The summed E-state index contributed by atoms with van der Waals surface area (Å²) in [7, 11) is 0. The molecule has 0 unspecified atom stereocenters. The Morgan fingerprint density at radius 2 is 2.17 bits per heavy atom. The lowest BCUT2D eigenvalue weighted by Crippen LogP contribution is -2.41. The number of rotatable bonds is 2. The van der Waals surface area contributed by atoms with Gasteiger partial charge in [-0.2, -0.15) is 0 Å². The predicted molar refractivity (Wildman–Crippen MR) is 87.0 cm³/mol. The van der Waals surface area contributed by atoms with E-state index in [0.29, 0.717) is 17.9 Å². The molecule has 118 valence electrons. The van der Waals surface area contributed by atoms with E-state index in [1.807, 2.05) is 18.5 Å². The Morgan fingerprint density at radius 3 is 3.04 bits per heavy atom. The number of piperidine rings is 1. The first-order valence-corrected chi connectivity index (χ1v) is 8.39. The molecule has 0 spiro atoms. The van der Waals surface area contributed by atoms with Crippen LogP contribution in [0.4, 0.5) is 0 Å². The van der Waals surface area contributed by atoms with E-state index in [4.69, 9.17) is 0 Å². The van der Waals surface area contributed by atoms with Crippen LogP contribution >= 0.6 is 0 Å². The molecular formula is C17H19N5O. The lowest BCUT2D eigenvalue weighted by molar-refractivity contribution is -0.134. The summed E-state index contributed by atoms with van der Waals surface area (Å²) in [5.74, 6) is 0.655. The van der Waals surface area contributed by atoms with Gasteiger partial charge in [-0.1, -0.05) is 0 Å². The number of aromatic amines is 1. The third-order valence-electron chi connectivity index (χ3n) is 5.13. The fraction of sp³-hybridized carbons (Fsp3) is 0.471. The highest BCUT2D eigenvalue weighted by molar-refractivity contribution is 6.02. The molecule has 6 heteroatoms. The summed E-state index contributed by atoms with van der Waals surface area (Å²) in [6, 6.07) is 2.31. The first kappa shape index (κ1) is 13.1. The van der Waals surface area contributed by atoms with Gasteiger partial charge in [-0.3, -0.25) is 9.48 Å². The van der Waals surface area contributed by atoms with Crippen molar-refractivity contribution in [2.75, 3.05) is 13.1 Å². The van der Waals surface area contributed by atoms with Crippen LogP contribution in [0.3, 0.4) is 0 Å². The van der Waals surface area contributed by atoms with Crippen molar-refractivity contribution in [3.8, 4) is 0 Å². The largest absolute Gasteiger partial charge is 0.340 e. The van der Waals surface area contributed by atoms with E-state index in [2.05, 4.69) is 24.6 Å². The molecule has 1 amide bonds. The highest BCUT2D eigenvalue weighted by Crippen LogP contribution is 2.34. The van der Waals surface area contributed by atoms with Gasteiger partial charge in [0.25, 0.3) is 0 Å². The number of nitrogens with zero attached hydrogens (tertiary/aromatic N) is 4. The Kier molecular flexibility index (Phi) is 2.74. The van der Waals surface area contributed by atoms with Crippen LogP contribution in [0.5, 0.6) is 0 Å². The van der Waals surface area contributed by atoms with Crippen LogP contribution in [-0.2, 0) is 4.79 Å². The Morgan fingerprint density at radius 1 is 1.26 bits per heavy atom. The van der Waals surface area contributed by atoms with Gasteiger partial charge in [-0.15, -0.1) is 0 Å². The Bertz CT molecular complexity index is 891. The summed E-state index contributed by atoms with van der Waals surface area (Å²) in [5, 5.41) is 5.55. The molecule has 1 saturated heterocycles. The smallest absolute Gasteiger partial charge is 0.225 e. The van der Waals surface area contributed by atoms with Gasteiger partial charge in [0.15, 0.2) is 5.65 Å². The summed E-state index contributed by atoms with van der Waals surface area (Å²) < 4.78 is 2.22. The van der Waals surface area contributed by atoms with Gasteiger partial charge in [-0.05, 0) is 31.7 Å². The van der Waals surface area contributed by atoms with Gasteiger partial charge in [-0.25, -0.2) is 9.97 Å².